The minimum atomic E-state index is -0.521. The maximum atomic E-state index is 12.6. The number of halogens is 1. The third kappa shape index (κ3) is 5.13. The Bertz CT molecular complexity index is 557. The molecule has 6 heteroatoms. The fraction of sp³-hybridized carbons (Fsp3) is 0.529. The van der Waals surface area contributed by atoms with E-state index in [1.54, 1.807) is 24.3 Å². The van der Waals surface area contributed by atoms with Gasteiger partial charge in [0.1, 0.15) is 6.04 Å². The number of carbonyl (C=O) groups is 2. The van der Waals surface area contributed by atoms with Gasteiger partial charge in [-0.05, 0) is 43.4 Å². The quantitative estimate of drug-likeness (QED) is 0.883. The first-order valence-electron chi connectivity index (χ1n) is 8.09. The molecule has 0 aromatic heterocycles. The van der Waals surface area contributed by atoms with Crippen molar-refractivity contribution in [3.05, 3.63) is 29.3 Å². The highest BCUT2D eigenvalue weighted by molar-refractivity contribution is 6.30. The van der Waals surface area contributed by atoms with Gasteiger partial charge in [-0.25, -0.2) is 4.79 Å². The van der Waals surface area contributed by atoms with Gasteiger partial charge in [0.05, 0.1) is 0 Å². The number of carbonyl (C=O) groups excluding carboxylic acids is 2. The van der Waals surface area contributed by atoms with E-state index in [0.29, 0.717) is 10.7 Å². The Balaban J connectivity index is 1.98. The SMILES string of the molecule is CC(C)[C@@H](NC(=O)Nc1cccc(Cl)c1)C(=O)N1CCCCC1. The van der Waals surface area contributed by atoms with Crippen molar-refractivity contribution >= 4 is 29.2 Å². The Labute approximate surface area is 142 Å². The lowest BCUT2D eigenvalue weighted by molar-refractivity contribution is -0.135. The molecule has 0 spiro atoms. The largest absolute Gasteiger partial charge is 0.341 e. The van der Waals surface area contributed by atoms with Gasteiger partial charge in [-0.1, -0.05) is 31.5 Å². The molecule has 1 aromatic carbocycles. The van der Waals surface area contributed by atoms with Gasteiger partial charge in [0.15, 0.2) is 0 Å². The number of nitrogens with one attached hydrogen (secondary N) is 2. The van der Waals surface area contributed by atoms with Gasteiger partial charge in [-0.3, -0.25) is 4.79 Å². The average molecular weight is 338 g/mol. The number of piperidine rings is 1. The summed E-state index contributed by atoms with van der Waals surface area (Å²) in [6, 6.07) is 6.00. The molecule has 0 saturated carbocycles. The van der Waals surface area contributed by atoms with Crippen molar-refractivity contribution in [3.63, 3.8) is 0 Å². The topological polar surface area (TPSA) is 61.4 Å². The van der Waals surface area contributed by atoms with Crippen molar-refractivity contribution in [1.29, 1.82) is 0 Å². The second-order valence-corrected chi connectivity index (χ2v) is 6.65. The highest BCUT2D eigenvalue weighted by atomic mass is 35.5. The number of hydrogen-bond acceptors (Lipinski definition) is 2. The second kappa shape index (κ2) is 8.20. The summed E-state index contributed by atoms with van der Waals surface area (Å²) in [7, 11) is 0. The van der Waals surface area contributed by atoms with E-state index in [4.69, 9.17) is 11.6 Å². The fourth-order valence-corrected chi connectivity index (χ4v) is 2.89. The Morgan fingerprint density at radius 1 is 1.17 bits per heavy atom. The maximum absolute atomic E-state index is 12.6. The molecule has 1 fully saturated rings. The lowest BCUT2D eigenvalue weighted by Crippen LogP contribution is -2.53. The lowest BCUT2D eigenvalue weighted by atomic mass is 10.0. The van der Waals surface area contributed by atoms with E-state index in [2.05, 4.69) is 10.6 Å². The van der Waals surface area contributed by atoms with E-state index < -0.39 is 12.1 Å². The third-order valence-corrected chi connectivity index (χ3v) is 4.20. The zero-order valence-corrected chi connectivity index (χ0v) is 14.4. The summed E-state index contributed by atoms with van der Waals surface area (Å²) in [5, 5.41) is 6.07. The molecule has 5 nitrogen and oxygen atoms in total. The van der Waals surface area contributed by atoms with Crippen LogP contribution in [0.2, 0.25) is 5.02 Å². The molecule has 1 heterocycles. The van der Waals surface area contributed by atoms with Crippen molar-refractivity contribution in [1.82, 2.24) is 10.2 Å². The Kier molecular flexibility index (Phi) is 6.28. The number of benzene rings is 1. The molecule has 23 heavy (non-hydrogen) atoms. The van der Waals surface area contributed by atoms with Crippen LogP contribution in [0, 0.1) is 5.92 Å². The number of amides is 3. The van der Waals surface area contributed by atoms with Gasteiger partial charge in [0.2, 0.25) is 5.91 Å². The van der Waals surface area contributed by atoms with E-state index in [1.165, 1.54) is 6.42 Å². The Morgan fingerprint density at radius 2 is 1.87 bits per heavy atom. The van der Waals surface area contributed by atoms with Crippen LogP contribution in [0.1, 0.15) is 33.1 Å². The number of nitrogens with zero attached hydrogens (tertiary/aromatic N) is 1. The molecule has 1 atom stereocenters. The van der Waals surface area contributed by atoms with Crippen LogP contribution in [0.25, 0.3) is 0 Å². The zero-order valence-electron chi connectivity index (χ0n) is 13.6. The molecule has 2 N–H and O–H groups in total. The predicted molar refractivity (Wildman–Crippen MR) is 92.7 cm³/mol. The van der Waals surface area contributed by atoms with Crippen LogP contribution >= 0.6 is 11.6 Å². The molecule has 1 aliphatic heterocycles. The van der Waals surface area contributed by atoms with E-state index >= 15 is 0 Å². The average Bonchev–Trinajstić information content (AvgIpc) is 2.52. The van der Waals surface area contributed by atoms with Gasteiger partial charge in [0.25, 0.3) is 0 Å². The normalized spacial score (nSPS) is 16.1. The summed E-state index contributed by atoms with van der Waals surface area (Å²) in [6.07, 6.45) is 3.23. The molecule has 0 aliphatic carbocycles. The Hall–Kier alpha value is -1.75. The molecule has 3 amide bonds. The van der Waals surface area contributed by atoms with Crippen LogP contribution in [0.3, 0.4) is 0 Å². The van der Waals surface area contributed by atoms with Crippen LogP contribution in [0.4, 0.5) is 10.5 Å². The van der Waals surface area contributed by atoms with Crippen LogP contribution in [0.15, 0.2) is 24.3 Å². The number of urea groups is 1. The van der Waals surface area contributed by atoms with E-state index in [1.807, 2.05) is 18.7 Å². The Morgan fingerprint density at radius 3 is 2.48 bits per heavy atom. The molecule has 1 aromatic rings. The molecule has 0 radical (unpaired) electrons. The fourth-order valence-electron chi connectivity index (χ4n) is 2.70. The molecule has 126 valence electrons. The van der Waals surface area contributed by atoms with E-state index in [-0.39, 0.29) is 11.8 Å². The van der Waals surface area contributed by atoms with Crippen molar-refractivity contribution in [2.24, 2.45) is 5.92 Å². The van der Waals surface area contributed by atoms with E-state index in [9.17, 15) is 9.59 Å². The molecule has 1 aliphatic rings. The zero-order chi connectivity index (χ0) is 16.8. The first-order valence-corrected chi connectivity index (χ1v) is 8.47. The van der Waals surface area contributed by atoms with Crippen LogP contribution in [0.5, 0.6) is 0 Å². The maximum Gasteiger partial charge on any atom is 0.319 e. The van der Waals surface area contributed by atoms with Gasteiger partial charge >= 0.3 is 6.03 Å². The number of hydrogen-bond donors (Lipinski definition) is 2. The molecular weight excluding hydrogens is 314 g/mol. The van der Waals surface area contributed by atoms with E-state index in [0.717, 1.165) is 25.9 Å². The summed E-state index contributed by atoms with van der Waals surface area (Å²) < 4.78 is 0. The molecular formula is C17H24ClN3O2. The van der Waals surface area contributed by atoms with Gasteiger partial charge < -0.3 is 15.5 Å². The number of likely N-dealkylation sites (tertiary alicyclic amines) is 1. The summed E-state index contributed by atoms with van der Waals surface area (Å²) in [4.78, 5) is 26.7. The van der Waals surface area contributed by atoms with Crippen molar-refractivity contribution in [2.75, 3.05) is 18.4 Å². The summed E-state index contributed by atoms with van der Waals surface area (Å²) in [5.41, 5.74) is 0.600. The van der Waals surface area contributed by atoms with Gasteiger partial charge in [0, 0.05) is 23.8 Å². The minimum absolute atomic E-state index is 0.000874. The first-order chi connectivity index (χ1) is 11.0. The molecule has 0 bridgehead atoms. The molecule has 1 saturated heterocycles. The smallest absolute Gasteiger partial charge is 0.319 e. The minimum Gasteiger partial charge on any atom is -0.341 e. The summed E-state index contributed by atoms with van der Waals surface area (Å²) >= 11 is 5.90. The van der Waals surface area contributed by atoms with Gasteiger partial charge in [-0.2, -0.15) is 0 Å². The molecule has 0 unspecified atom stereocenters. The lowest BCUT2D eigenvalue weighted by Gasteiger charge is -2.32. The van der Waals surface area contributed by atoms with Crippen LogP contribution in [-0.4, -0.2) is 36.0 Å². The van der Waals surface area contributed by atoms with Crippen LogP contribution < -0.4 is 10.6 Å². The summed E-state index contributed by atoms with van der Waals surface area (Å²) in [5.74, 6) is 0.0236. The second-order valence-electron chi connectivity index (χ2n) is 6.22. The first kappa shape index (κ1) is 17.6. The number of rotatable bonds is 4. The van der Waals surface area contributed by atoms with Crippen molar-refractivity contribution in [2.45, 2.75) is 39.2 Å². The monoisotopic (exact) mass is 337 g/mol. The number of anilines is 1. The molecule has 2 rings (SSSR count). The van der Waals surface area contributed by atoms with Crippen molar-refractivity contribution < 1.29 is 9.59 Å². The highest BCUT2D eigenvalue weighted by Crippen LogP contribution is 2.16. The van der Waals surface area contributed by atoms with Gasteiger partial charge in [-0.15, -0.1) is 0 Å². The summed E-state index contributed by atoms with van der Waals surface area (Å²) in [6.45, 7) is 5.43. The predicted octanol–water partition coefficient (Wildman–Crippen LogP) is 3.50. The van der Waals surface area contributed by atoms with Crippen molar-refractivity contribution in [3.8, 4) is 0 Å². The standard InChI is InChI=1S/C17H24ClN3O2/c1-12(2)15(16(22)21-9-4-3-5-10-21)20-17(23)19-14-8-6-7-13(18)11-14/h6-8,11-12,15H,3-5,9-10H2,1-2H3,(H2,19,20,23)/t15-/m1/s1. The third-order valence-electron chi connectivity index (χ3n) is 3.97. The van der Waals surface area contributed by atoms with Crippen LogP contribution in [-0.2, 0) is 4.79 Å². The highest BCUT2D eigenvalue weighted by Gasteiger charge is 2.29.